The predicted octanol–water partition coefficient (Wildman–Crippen LogP) is 2.59. The molecule has 2 aromatic rings. The van der Waals surface area contributed by atoms with Gasteiger partial charge in [-0.1, -0.05) is 11.6 Å². The smallest absolute Gasteiger partial charge is 0.337 e. The molecule has 0 fully saturated rings. The van der Waals surface area contributed by atoms with Crippen molar-refractivity contribution in [1.29, 1.82) is 0 Å². The molecule has 0 saturated heterocycles. The van der Waals surface area contributed by atoms with E-state index in [-0.39, 0.29) is 23.6 Å². The second-order valence-electron chi connectivity index (χ2n) is 3.69. The van der Waals surface area contributed by atoms with Crippen LogP contribution in [0.5, 0.6) is 6.01 Å². The van der Waals surface area contributed by atoms with Gasteiger partial charge in [0.05, 0.1) is 12.4 Å². The molecule has 0 spiro atoms. The van der Waals surface area contributed by atoms with E-state index in [1.54, 1.807) is 12.1 Å². The molecule has 0 atom stereocenters. The number of H-pyrrole nitrogens is 1. The highest BCUT2D eigenvalue weighted by Gasteiger charge is 2.08. The van der Waals surface area contributed by atoms with Crippen molar-refractivity contribution >= 4 is 35.2 Å². The number of carbonyl (C=O) groups excluding carboxylic acids is 1. The Bertz CT molecular complexity index is 573. The number of nitrogens with zero attached hydrogens (tertiary/aromatic N) is 2. The molecule has 0 saturated carbocycles. The summed E-state index contributed by atoms with van der Waals surface area (Å²) in [5.74, 6) is 0.367. The minimum Gasteiger partial charge on any atom is -0.463 e. The number of hydrogen-bond acceptors (Lipinski definition) is 5. The zero-order valence-electron chi connectivity index (χ0n) is 10.7. The molecule has 0 aliphatic carbocycles. The largest absolute Gasteiger partial charge is 0.463 e. The number of rotatable bonds is 6. The molecule has 0 aliphatic heterocycles. The number of hydrogen-bond donors (Lipinski definition) is 2. The van der Waals surface area contributed by atoms with Gasteiger partial charge in [0.15, 0.2) is 0 Å². The van der Waals surface area contributed by atoms with Gasteiger partial charge in [0.2, 0.25) is 11.9 Å². The molecule has 0 bridgehead atoms. The minimum atomic E-state index is -0.177. The van der Waals surface area contributed by atoms with Crippen LogP contribution in [0.2, 0.25) is 5.02 Å². The van der Waals surface area contributed by atoms with Gasteiger partial charge in [0.1, 0.15) is 0 Å². The Labute approximate surface area is 125 Å². The number of amides is 1. The van der Waals surface area contributed by atoms with E-state index in [1.165, 1.54) is 11.8 Å². The zero-order valence-corrected chi connectivity index (χ0v) is 12.3. The van der Waals surface area contributed by atoms with Crippen LogP contribution in [0.1, 0.15) is 6.92 Å². The maximum atomic E-state index is 11.7. The van der Waals surface area contributed by atoms with E-state index in [2.05, 4.69) is 20.5 Å². The van der Waals surface area contributed by atoms with E-state index in [9.17, 15) is 4.79 Å². The number of halogens is 1. The van der Waals surface area contributed by atoms with E-state index in [4.69, 9.17) is 16.3 Å². The molecule has 0 aliphatic rings. The van der Waals surface area contributed by atoms with Crippen molar-refractivity contribution in [1.82, 2.24) is 15.2 Å². The van der Waals surface area contributed by atoms with Crippen molar-refractivity contribution in [3.8, 4) is 6.01 Å². The Morgan fingerprint density at radius 3 is 2.90 bits per heavy atom. The third kappa shape index (κ3) is 4.43. The first-order valence-corrected chi connectivity index (χ1v) is 7.27. The van der Waals surface area contributed by atoms with Gasteiger partial charge >= 0.3 is 6.01 Å². The molecule has 6 nitrogen and oxygen atoms in total. The summed E-state index contributed by atoms with van der Waals surface area (Å²) in [4.78, 5) is 16.7. The summed E-state index contributed by atoms with van der Waals surface area (Å²) in [6.07, 6.45) is 0. The third-order valence-electron chi connectivity index (χ3n) is 2.18. The van der Waals surface area contributed by atoms with Gasteiger partial charge in [0.25, 0.3) is 0 Å². The monoisotopic (exact) mass is 312 g/mol. The predicted molar refractivity (Wildman–Crippen MR) is 78.4 cm³/mol. The Hall–Kier alpha value is -1.73. The SMILES string of the molecule is CCOc1n[nH]c(NC(=O)CSc2ccc(Cl)cc2)n1. The molecule has 2 rings (SSSR count). The van der Waals surface area contributed by atoms with Crippen molar-refractivity contribution in [3.63, 3.8) is 0 Å². The van der Waals surface area contributed by atoms with Gasteiger partial charge in [-0.25, -0.2) is 5.10 Å². The number of anilines is 1. The summed E-state index contributed by atoms with van der Waals surface area (Å²) in [6.45, 7) is 2.30. The van der Waals surface area contributed by atoms with Gasteiger partial charge in [-0.3, -0.25) is 10.1 Å². The highest BCUT2D eigenvalue weighted by molar-refractivity contribution is 8.00. The fraction of sp³-hybridized carbons (Fsp3) is 0.250. The van der Waals surface area contributed by atoms with Crippen LogP contribution in [0, 0.1) is 0 Å². The lowest BCUT2D eigenvalue weighted by Gasteiger charge is -2.02. The molecule has 8 heteroatoms. The number of aromatic nitrogens is 3. The zero-order chi connectivity index (χ0) is 14.4. The van der Waals surface area contributed by atoms with E-state index < -0.39 is 0 Å². The van der Waals surface area contributed by atoms with Gasteiger partial charge in [0, 0.05) is 9.92 Å². The summed E-state index contributed by atoms with van der Waals surface area (Å²) >= 11 is 7.20. The number of aromatic amines is 1. The average molecular weight is 313 g/mol. The van der Waals surface area contributed by atoms with Crippen LogP contribution in [0.25, 0.3) is 0 Å². The molecule has 20 heavy (non-hydrogen) atoms. The summed E-state index contributed by atoms with van der Waals surface area (Å²) in [6, 6.07) is 7.51. The third-order valence-corrected chi connectivity index (χ3v) is 3.44. The van der Waals surface area contributed by atoms with Crippen molar-refractivity contribution in [3.05, 3.63) is 29.3 Å². The van der Waals surface area contributed by atoms with Crippen LogP contribution in [0.15, 0.2) is 29.2 Å². The fourth-order valence-electron chi connectivity index (χ4n) is 1.34. The van der Waals surface area contributed by atoms with Gasteiger partial charge in [-0.15, -0.1) is 16.9 Å². The first kappa shape index (κ1) is 14.7. The molecule has 0 unspecified atom stereocenters. The molecule has 2 N–H and O–H groups in total. The van der Waals surface area contributed by atoms with Crippen LogP contribution >= 0.6 is 23.4 Å². The lowest BCUT2D eigenvalue weighted by molar-refractivity contribution is -0.113. The van der Waals surface area contributed by atoms with Crippen LogP contribution in [-0.2, 0) is 4.79 Å². The first-order valence-electron chi connectivity index (χ1n) is 5.91. The van der Waals surface area contributed by atoms with Gasteiger partial charge in [-0.05, 0) is 31.2 Å². The van der Waals surface area contributed by atoms with Crippen LogP contribution in [-0.4, -0.2) is 33.4 Å². The van der Waals surface area contributed by atoms with E-state index in [0.29, 0.717) is 11.6 Å². The molecule has 1 aromatic carbocycles. The van der Waals surface area contributed by atoms with Crippen molar-refractivity contribution in [2.24, 2.45) is 0 Å². The van der Waals surface area contributed by atoms with Crippen molar-refractivity contribution in [2.75, 3.05) is 17.7 Å². The highest BCUT2D eigenvalue weighted by Crippen LogP contribution is 2.20. The molecule has 0 radical (unpaired) electrons. The Kier molecular flexibility index (Phi) is 5.25. The van der Waals surface area contributed by atoms with Crippen molar-refractivity contribution in [2.45, 2.75) is 11.8 Å². The number of carbonyl (C=O) groups is 1. The number of benzene rings is 1. The maximum Gasteiger partial charge on any atom is 0.337 e. The minimum absolute atomic E-state index is 0.177. The fourth-order valence-corrected chi connectivity index (χ4v) is 2.17. The Balaban J connectivity index is 1.81. The van der Waals surface area contributed by atoms with Gasteiger partial charge < -0.3 is 4.74 Å². The highest BCUT2D eigenvalue weighted by atomic mass is 35.5. The molecular formula is C12H13ClN4O2S. The van der Waals surface area contributed by atoms with Crippen LogP contribution in [0.4, 0.5) is 5.95 Å². The second-order valence-corrected chi connectivity index (χ2v) is 5.18. The summed E-state index contributed by atoms with van der Waals surface area (Å²) < 4.78 is 5.09. The molecule has 1 aromatic heterocycles. The number of ether oxygens (including phenoxy) is 1. The Morgan fingerprint density at radius 2 is 2.20 bits per heavy atom. The van der Waals surface area contributed by atoms with E-state index in [1.807, 2.05) is 19.1 Å². The maximum absolute atomic E-state index is 11.7. The van der Waals surface area contributed by atoms with Gasteiger partial charge in [-0.2, -0.15) is 4.98 Å². The second kappa shape index (κ2) is 7.16. The van der Waals surface area contributed by atoms with E-state index >= 15 is 0 Å². The standard InChI is InChI=1S/C12H13ClN4O2S/c1-2-19-12-15-11(16-17-12)14-10(18)7-20-9-5-3-8(13)4-6-9/h3-6H,2,7H2,1H3,(H2,14,15,16,17,18). The van der Waals surface area contributed by atoms with E-state index in [0.717, 1.165) is 4.90 Å². The lowest BCUT2D eigenvalue weighted by Crippen LogP contribution is -2.15. The number of thioether (sulfide) groups is 1. The Morgan fingerprint density at radius 1 is 1.45 bits per heavy atom. The quantitative estimate of drug-likeness (QED) is 0.801. The van der Waals surface area contributed by atoms with Crippen LogP contribution in [0.3, 0.4) is 0 Å². The normalized spacial score (nSPS) is 10.3. The molecular weight excluding hydrogens is 300 g/mol. The molecule has 1 amide bonds. The first-order chi connectivity index (χ1) is 9.67. The lowest BCUT2D eigenvalue weighted by atomic mass is 10.4. The summed E-state index contributed by atoms with van der Waals surface area (Å²) in [7, 11) is 0. The van der Waals surface area contributed by atoms with Crippen LogP contribution < -0.4 is 10.1 Å². The molecule has 1 heterocycles. The molecule has 106 valence electrons. The average Bonchev–Trinajstić information content (AvgIpc) is 2.86. The van der Waals surface area contributed by atoms with Crippen molar-refractivity contribution < 1.29 is 9.53 Å². The summed E-state index contributed by atoms with van der Waals surface area (Å²) in [5, 5.41) is 9.65. The summed E-state index contributed by atoms with van der Waals surface area (Å²) in [5.41, 5.74) is 0. The number of nitrogens with one attached hydrogen (secondary N) is 2. The topological polar surface area (TPSA) is 79.9 Å².